The summed E-state index contributed by atoms with van der Waals surface area (Å²) >= 11 is 1.61. The van der Waals surface area contributed by atoms with Gasteiger partial charge >= 0.3 is 0 Å². The van der Waals surface area contributed by atoms with Gasteiger partial charge < -0.3 is 9.73 Å². The van der Waals surface area contributed by atoms with Crippen molar-refractivity contribution in [2.24, 2.45) is 5.92 Å². The first-order valence-electron chi connectivity index (χ1n) is 8.03. The second kappa shape index (κ2) is 7.28. The maximum Gasteiger partial charge on any atom is 0.236 e. The van der Waals surface area contributed by atoms with Gasteiger partial charge in [-0.3, -0.25) is 0 Å². The SMILES string of the molecule is Cc1oc(-c2cccs2)nc1CNC(c1ccc(F)cc1)C(C)C. The molecule has 0 radical (unpaired) electrons. The third kappa shape index (κ3) is 3.74. The molecule has 5 heteroatoms. The molecule has 3 aromatic rings. The van der Waals surface area contributed by atoms with Crippen molar-refractivity contribution >= 4 is 11.3 Å². The van der Waals surface area contributed by atoms with Gasteiger partial charge in [-0.2, -0.15) is 0 Å². The van der Waals surface area contributed by atoms with Crippen LogP contribution in [-0.2, 0) is 6.54 Å². The van der Waals surface area contributed by atoms with Crippen LogP contribution in [0.3, 0.4) is 0 Å². The summed E-state index contributed by atoms with van der Waals surface area (Å²) in [5.41, 5.74) is 1.98. The van der Waals surface area contributed by atoms with Gasteiger partial charge in [0, 0.05) is 12.6 Å². The molecule has 0 aliphatic heterocycles. The van der Waals surface area contributed by atoms with Gasteiger partial charge in [0.2, 0.25) is 5.89 Å². The molecule has 0 aliphatic carbocycles. The molecule has 1 N–H and O–H groups in total. The summed E-state index contributed by atoms with van der Waals surface area (Å²) in [6.45, 7) is 6.84. The van der Waals surface area contributed by atoms with E-state index in [0.29, 0.717) is 18.4 Å². The van der Waals surface area contributed by atoms with Crippen LogP contribution in [0.25, 0.3) is 10.8 Å². The zero-order chi connectivity index (χ0) is 17.1. The molecule has 1 aromatic carbocycles. The number of hydrogen-bond acceptors (Lipinski definition) is 4. The lowest BCUT2D eigenvalue weighted by Crippen LogP contribution is -2.25. The first kappa shape index (κ1) is 16.9. The highest BCUT2D eigenvalue weighted by Crippen LogP contribution is 2.27. The third-order valence-corrected chi connectivity index (χ3v) is 4.87. The molecule has 2 aromatic heterocycles. The van der Waals surface area contributed by atoms with E-state index in [1.807, 2.05) is 36.6 Å². The Morgan fingerprint density at radius 1 is 1.21 bits per heavy atom. The van der Waals surface area contributed by atoms with Crippen molar-refractivity contribution in [2.75, 3.05) is 0 Å². The van der Waals surface area contributed by atoms with Crippen LogP contribution in [0.15, 0.2) is 46.2 Å². The maximum atomic E-state index is 13.2. The van der Waals surface area contributed by atoms with E-state index >= 15 is 0 Å². The molecule has 0 fully saturated rings. The van der Waals surface area contributed by atoms with Crippen molar-refractivity contribution in [3.63, 3.8) is 0 Å². The highest BCUT2D eigenvalue weighted by Gasteiger charge is 2.18. The molecule has 0 spiro atoms. The van der Waals surface area contributed by atoms with Gasteiger partial charge in [-0.15, -0.1) is 11.3 Å². The molecule has 3 rings (SSSR count). The molecule has 1 unspecified atom stereocenters. The monoisotopic (exact) mass is 344 g/mol. The molecule has 0 bridgehead atoms. The van der Waals surface area contributed by atoms with E-state index < -0.39 is 0 Å². The van der Waals surface area contributed by atoms with Gasteiger partial charge in [-0.1, -0.05) is 32.0 Å². The Kier molecular flexibility index (Phi) is 5.11. The van der Waals surface area contributed by atoms with E-state index in [9.17, 15) is 4.39 Å². The average Bonchev–Trinajstić information content (AvgIpc) is 3.19. The van der Waals surface area contributed by atoms with Gasteiger partial charge in [0.1, 0.15) is 11.6 Å². The van der Waals surface area contributed by atoms with Crippen LogP contribution in [0.4, 0.5) is 4.39 Å². The number of hydrogen-bond donors (Lipinski definition) is 1. The zero-order valence-corrected chi connectivity index (χ0v) is 14.9. The second-order valence-electron chi connectivity index (χ2n) is 6.15. The molecule has 0 aliphatic rings. The van der Waals surface area contributed by atoms with E-state index in [1.165, 1.54) is 12.1 Å². The predicted octanol–water partition coefficient (Wildman–Crippen LogP) is 5.34. The molecule has 1 atom stereocenters. The third-order valence-electron chi connectivity index (χ3n) is 4.01. The molecule has 0 amide bonds. The number of oxazole rings is 1. The summed E-state index contributed by atoms with van der Waals surface area (Å²) in [6, 6.07) is 10.8. The van der Waals surface area contributed by atoms with Crippen LogP contribution in [0.2, 0.25) is 0 Å². The fourth-order valence-corrected chi connectivity index (χ4v) is 3.36. The number of aromatic nitrogens is 1. The van der Waals surface area contributed by atoms with Crippen molar-refractivity contribution in [1.29, 1.82) is 0 Å². The van der Waals surface area contributed by atoms with Crippen LogP contribution < -0.4 is 5.32 Å². The molecule has 0 saturated heterocycles. The molecule has 3 nitrogen and oxygen atoms in total. The van der Waals surface area contributed by atoms with Crippen molar-refractivity contribution in [3.05, 3.63) is 64.6 Å². The van der Waals surface area contributed by atoms with E-state index in [0.717, 1.165) is 21.9 Å². The Morgan fingerprint density at radius 3 is 2.58 bits per heavy atom. The normalized spacial score (nSPS) is 12.7. The Balaban J connectivity index is 1.74. The second-order valence-corrected chi connectivity index (χ2v) is 7.10. The molecule has 0 saturated carbocycles. The number of nitrogens with one attached hydrogen (secondary N) is 1. The predicted molar refractivity (Wildman–Crippen MR) is 95.4 cm³/mol. The number of aryl methyl sites for hydroxylation is 1. The summed E-state index contributed by atoms with van der Waals surface area (Å²) in [5, 5.41) is 5.54. The Morgan fingerprint density at radius 2 is 1.96 bits per heavy atom. The summed E-state index contributed by atoms with van der Waals surface area (Å²) in [5.74, 6) is 1.66. The minimum Gasteiger partial charge on any atom is -0.440 e. The first-order valence-corrected chi connectivity index (χ1v) is 8.91. The van der Waals surface area contributed by atoms with Crippen molar-refractivity contribution in [1.82, 2.24) is 10.3 Å². The lowest BCUT2D eigenvalue weighted by atomic mass is 9.96. The van der Waals surface area contributed by atoms with E-state index in [-0.39, 0.29) is 11.9 Å². The minimum absolute atomic E-state index is 0.131. The van der Waals surface area contributed by atoms with Gasteiger partial charge in [0.25, 0.3) is 0 Å². The number of benzene rings is 1. The van der Waals surface area contributed by atoms with Crippen LogP contribution in [0.5, 0.6) is 0 Å². The van der Waals surface area contributed by atoms with E-state index in [2.05, 4.69) is 24.1 Å². The van der Waals surface area contributed by atoms with Crippen LogP contribution in [0, 0.1) is 18.7 Å². The van der Waals surface area contributed by atoms with Crippen molar-refractivity contribution in [2.45, 2.75) is 33.4 Å². The van der Waals surface area contributed by atoms with E-state index in [4.69, 9.17) is 4.42 Å². The molecule has 2 heterocycles. The van der Waals surface area contributed by atoms with Gasteiger partial charge in [0.15, 0.2) is 0 Å². The van der Waals surface area contributed by atoms with Gasteiger partial charge in [0.05, 0.1) is 10.6 Å². The highest BCUT2D eigenvalue weighted by atomic mass is 32.1. The Hall–Kier alpha value is -1.98. The number of halogens is 1. The Labute approximate surface area is 145 Å². The molecule has 126 valence electrons. The lowest BCUT2D eigenvalue weighted by molar-refractivity contribution is 0.406. The fourth-order valence-electron chi connectivity index (χ4n) is 2.71. The smallest absolute Gasteiger partial charge is 0.236 e. The maximum absolute atomic E-state index is 13.2. The summed E-state index contributed by atoms with van der Waals surface area (Å²) < 4.78 is 18.9. The Bertz CT molecular complexity index is 778. The molecular weight excluding hydrogens is 323 g/mol. The van der Waals surface area contributed by atoms with Gasteiger partial charge in [-0.05, 0) is 42.0 Å². The number of thiophene rings is 1. The van der Waals surface area contributed by atoms with Gasteiger partial charge in [-0.25, -0.2) is 9.37 Å². The van der Waals surface area contributed by atoms with Crippen molar-refractivity contribution < 1.29 is 8.81 Å². The zero-order valence-electron chi connectivity index (χ0n) is 14.0. The highest BCUT2D eigenvalue weighted by molar-refractivity contribution is 7.13. The number of nitrogens with zero attached hydrogens (tertiary/aromatic N) is 1. The van der Waals surface area contributed by atoms with Crippen LogP contribution in [0.1, 0.15) is 36.9 Å². The largest absolute Gasteiger partial charge is 0.440 e. The number of rotatable bonds is 6. The lowest BCUT2D eigenvalue weighted by Gasteiger charge is -2.22. The molecular formula is C19H21FN2OS. The topological polar surface area (TPSA) is 38.1 Å². The standard InChI is InChI=1S/C19H21FN2OS/c1-12(2)18(14-6-8-15(20)9-7-14)21-11-16-13(3)23-19(22-16)17-5-4-10-24-17/h4-10,12,18,21H,11H2,1-3H3. The van der Waals surface area contributed by atoms with E-state index in [1.54, 1.807) is 11.3 Å². The summed E-state index contributed by atoms with van der Waals surface area (Å²) in [4.78, 5) is 5.64. The van der Waals surface area contributed by atoms with Crippen LogP contribution in [-0.4, -0.2) is 4.98 Å². The van der Waals surface area contributed by atoms with Crippen LogP contribution >= 0.6 is 11.3 Å². The molecule has 24 heavy (non-hydrogen) atoms. The first-order chi connectivity index (χ1) is 11.5. The fraction of sp³-hybridized carbons (Fsp3) is 0.316. The average molecular weight is 344 g/mol. The van der Waals surface area contributed by atoms with Crippen molar-refractivity contribution in [3.8, 4) is 10.8 Å². The quantitative estimate of drug-likeness (QED) is 0.656. The summed E-state index contributed by atoms with van der Waals surface area (Å²) in [6.07, 6.45) is 0. The summed E-state index contributed by atoms with van der Waals surface area (Å²) in [7, 11) is 0. The minimum atomic E-state index is -0.214.